The number of nitrogens with zero attached hydrogens (tertiary/aromatic N) is 1. The van der Waals surface area contributed by atoms with E-state index in [-0.39, 0.29) is 5.91 Å². The van der Waals surface area contributed by atoms with Crippen molar-refractivity contribution in [3.05, 3.63) is 23.2 Å². The standard InChI is InChI=1S/C11H15ClN2OS/c1-3-14(2)11(15)7-16-10-5-4-8(12)6-9(10)13/h4-6H,3,7,13H2,1-2H3. The van der Waals surface area contributed by atoms with Crippen molar-refractivity contribution >= 4 is 35.0 Å². The number of halogens is 1. The van der Waals surface area contributed by atoms with E-state index in [2.05, 4.69) is 0 Å². The summed E-state index contributed by atoms with van der Waals surface area (Å²) in [5, 5.41) is 0.610. The van der Waals surface area contributed by atoms with Crippen molar-refractivity contribution in [1.29, 1.82) is 0 Å². The smallest absolute Gasteiger partial charge is 0.232 e. The molecule has 2 N–H and O–H groups in total. The number of hydrogen-bond donors (Lipinski definition) is 1. The van der Waals surface area contributed by atoms with Gasteiger partial charge in [0.1, 0.15) is 0 Å². The molecular formula is C11H15ClN2OS. The summed E-state index contributed by atoms with van der Waals surface area (Å²) in [6, 6.07) is 5.30. The van der Waals surface area contributed by atoms with Crippen LogP contribution < -0.4 is 5.73 Å². The molecule has 0 aliphatic carbocycles. The van der Waals surface area contributed by atoms with Gasteiger partial charge in [0, 0.05) is 29.2 Å². The van der Waals surface area contributed by atoms with Crippen LogP contribution in [0.4, 0.5) is 5.69 Å². The summed E-state index contributed by atoms with van der Waals surface area (Å²) in [7, 11) is 1.79. The molecule has 0 radical (unpaired) electrons. The van der Waals surface area contributed by atoms with E-state index in [4.69, 9.17) is 17.3 Å². The van der Waals surface area contributed by atoms with Crippen LogP contribution in [0.5, 0.6) is 0 Å². The molecule has 0 fully saturated rings. The van der Waals surface area contributed by atoms with Crippen molar-refractivity contribution in [1.82, 2.24) is 4.90 Å². The molecule has 0 saturated heterocycles. The molecule has 0 aromatic heterocycles. The highest BCUT2D eigenvalue weighted by molar-refractivity contribution is 8.00. The lowest BCUT2D eigenvalue weighted by Gasteiger charge is -2.14. The van der Waals surface area contributed by atoms with Gasteiger partial charge in [-0.05, 0) is 25.1 Å². The first-order valence-electron chi connectivity index (χ1n) is 4.96. The van der Waals surface area contributed by atoms with Crippen LogP contribution in [0.1, 0.15) is 6.92 Å². The van der Waals surface area contributed by atoms with E-state index in [1.807, 2.05) is 13.0 Å². The van der Waals surface area contributed by atoms with Gasteiger partial charge in [0.2, 0.25) is 5.91 Å². The second-order valence-electron chi connectivity index (χ2n) is 3.38. The fourth-order valence-electron chi connectivity index (χ4n) is 1.08. The lowest BCUT2D eigenvalue weighted by atomic mass is 10.3. The molecule has 1 amide bonds. The van der Waals surface area contributed by atoms with E-state index in [0.717, 1.165) is 11.4 Å². The Morgan fingerprint density at radius 2 is 2.25 bits per heavy atom. The minimum absolute atomic E-state index is 0.0989. The maximum absolute atomic E-state index is 11.6. The van der Waals surface area contributed by atoms with E-state index in [0.29, 0.717) is 16.5 Å². The third-order valence-corrected chi connectivity index (χ3v) is 3.53. The number of rotatable bonds is 4. The van der Waals surface area contributed by atoms with E-state index in [9.17, 15) is 4.79 Å². The predicted molar refractivity (Wildman–Crippen MR) is 69.9 cm³/mol. The zero-order chi connectivity index (χ0) is 12.1. The molecule has 0 aliphatic heterocycles. The molecule has 88 valence electrons. The van der Waals surface area contributed by atoms with Crippen LogP contribution in [0, 0.1) is 0 Å². The van der Waals surface area contributed by atoms with Gasteiger partial charge in [0.05, 0.1) is 5.75 Å². The number of anilines is 1. The summed E-state index contributed by atoms with van der Waals surface area (Å²) in [6.45, 7) is 2.66. The van der Waals surface area contributed by atoms with Crippen molar-refractivity contribution in [2.24, 2.45) is 0 Å². The van der Waals surface area contributed by atoms with Gasteiger partial charge in [-0.15, -0.1) is 11.8 Å². The Hall–Kier alpha value is -0.870. The third-order valence-electron chi connectivity index (χ3n) is 2.22. The number of nitrogen functional groups attached to an aromatic ring is 1. The molecule has 0 spiro atoms. The SMILES string of the molecule is CCN(C)C(=O)CSc1ccc(Cl)cc1N. The first kappa shape index (κ1) is 13.2. The maximum atomic E-state index is 11.6. The Labute approximate surface area is 105 Å². The minimum atomic E-state index is 0.0989. The van der Waals surface area contributed by atoms with E-state index in [1.165, 1.54) is 11.8 Å². The normalized spacial score (nSPS) is 10.2. The second-order valence-corrected chi connectivity index (χ2v) is 4.83. The molecule has 1 rings (SSSR count). The van der Waals surface area contributed by atoms with Crippen LogP contribution in [0.3, 0.4) is 0 Å². The summed E-state index contributed by atoms with van der Waals surface area (Å²) in [5.74, 6) is 0.498. The second kappa shape index (κ2) is 6.01. The van der Waals surface area contributed by atoms with Crippen LogP contribution in [0.2, 0.25) is 5.02 Å². The molecule has 0 aliphatic rings. The van der Waals surface area contributed by atoms with Crippen LogP contribution in [0.25, 0.3) is 0 Å². The largest absolute Gasteiger partial charge is 0.398 e. The van der Waals surface area contributed by atoms with Crippen molar-refractivity contribution in [2.75, 3.05) is 25.1 Å². The van der Waals surface area contributed by atoms with Gasteiger partial charge >= 0.3 is 0 Å². The minimum Gasteiger partial charge on any atom is -0.398 e. The fraction of sp³-hybridized carbons (Fsp3) is 0.364. The van der Waals surface area contributed by atoms with Gasteiger partial charge < -0.3 is 10.6 Å². The van der Waals surface area contributed by atoms with Crippen molar-refractivity contribution < 1.29 is 4.79 Å². The molecule has 0 heterocycles. The van der Waals surface area contributed by atoms with E-state index < -0.39 is 0 Å². The molecule has 0 unspecified atom stereocenters. The highest BCUT2D eigenvalue weighted by Crippen LogP contribution is 2.27. The zero-order valence-corrected chi connectivity index (χ0v) is 10.9. The quantitative estimate of drug-likeness (QED) is 0.667. The van der Waals surface area contributed by atoms with Gasteiger partial charge in [-0.3, -0.25) is 4.79 Å². The van der Waals surface area contributed by atoms with Crippen LogP contribution in [0.15, 0.2) is 23.1 Å². The summed E-state index contributed by atoms with van der Waals surface area (Å²) in [6.07, 6.45) is 0. The Kier molecular flexibility index (Phi) is 4.96. The zero-order valence-electron chi connectivity index (χ0n) is 9.37. The van der Waals surface area contributed by atoms with E-state index in [1.54, 1.807) is 24.1 Å². The van der Waals surface area contributed by atoms with Crippen molar-refractivity contribution in [3.63, 3.8) is 0 Å². The molecule has 0 saturated carbocycles. The summed E-state index contributed by atoms with van der Waals surface area (Å²) in [5.41, 5.74) is 6.40. The first-order valence-corrected chi connectivity index (χ1v) is 6.32. The molecule has 0 atom stereocenters. The fourth-order valence-corrected chi connectivity index (χ4v) is 2.15. The Morgan fingerprint density at radius 1 is 1.56 bits per heavy atom. The van der Waals surface area contributed by atoms with Crippen molar-refractivity contribution in [3.8, 4) is 0 Å². The number of hydrogen-bond acceptors (Lipinski definition) is 3. The number of thioether (sulfide) groups is 1. The molecule has 16 heavy (non-hydrogen) atoms. The molecule has 1 aromatic rings. The van der Waals surface area contributed by atoms with Gasteiger partial charge in [-0.1, -0.05) is 11.6 Å². The number of nitrogens with two attached hydrogens (primary N) is 1. The first-order chi connectivity index (χ1) is 7.54. The van der Waals surface area contributed by atoms with Gasteiger partial charge in [-0.25, -0.2) is 0 Å². The van der Waals surface area contributed by atoms with Crippen LogP contribution >= 0.6 is 23.4 Å². The number of carbonyl (C=O) groups excluding carboxylic acids is 1. The average Bonchev–Trinajstić information content (AvgIpc) is 2.26. The van der Waals surface area contributed by atoms with Crippen molar-refractivity contribution in [2.45, 2.75) is 11.8 Å². The number of carbonyl (C=O) groups is 1. The number of benzene rings is 1. The molecule has 0 bridgehead atoms. The monoisotopic (exact) mass is 258 g/mol. The molecule has 1 aromatic carbocycles. The lowest BCUT2D eigenvalue weighted by molar-refractivity contribution is -0.126. The lowest BCUT2D eigenvalue weighted by Crippen LogP contribution is -2.27. The van der Waals surface area contributed by atoms with Crippen LogP contribution in [-0.4, -0.2) is 30.2 Å². The van der Waals surface area contributed by atoms with Gasteiger partial charge in [0.15, 0.2) is 0 Å². The predicted octanol–water partition coefficient (Wildman–Crippen LogP) is 2.49. The maximum Gasteiger partial charge on any atom is 0.232 e. The average molecular weight is 259 g/mol. The third kappa shape index (κ3) is 3.61. The summed E-state index contributed by atoms with van der Waals surface area (Å²) >= 11 is 7.22. The summed E-state index contributed by atoms with van der Waals surface area (Å²) in [4.78, 5) is 14.1. The van der Waals surface area contributed by atoms with Gasteiger partial charge in [0.25, 0.3) is 0 Å². The Balaban J connectivity index is 2.58. The highest BCUT2D eigenvalue weighted by Gasteiger charge is 2.08. The Bertz CT molecular complexity index is 384. The summed E-state index contributed by atoms with van der Waals surface area (Å²) < 4.78 is 0. The topological polar surface area (TPSA) is 46.3 Å². The molecular weight excluding hydrogens is 244 g/mol. The van der Waals surface area contributed by atoms with Crippen LogP contribution in [-0.2, 0) is 4.79 Å². The molecule has 5 heteroatoms. The Morgan fingerprint density at radius 3 is 2.81 bits per heavy atom. The molecule has 3 nitrogen and oxygen atoms in total. The number of amides is 1. The van der Waals surface area contributed by atoms with E-state index >= 15 is 0 Å². The van der Waals surface area contributed by atoms with Gasteiger partial charge in [-0.2, -0.15) is 0 Å². The highest BCUT2D eigenvalue weighted by atomic mass is 35.5.